The molecule has 0 aromatic heterocycles. The molecule has 0 saturated carbocycles. The van der Waals surface area contributed by atoms with Gasteiger partial charge in [-0.15, -0.1) is 0 Å². The molecule has 0 spiro atoms. The molecule has 0 aliphatic heterocycles. The summed E-state index contributed by atoms with van der Waals surface area (Å²) in [5.74, 6) is -0.493. The lowest BCUT2D eigenvalue weighted by atomic mass is 10.0. The standard InChI is InChI=1S/C21H26FN3O2/c1-14(2)12-19(20(26)24-18-10-8-17(22)9-11-18)25-21(27)23-13-16-6-4-15(3)5-7-16/h4-11,14,19H,12-13H2,1-3H3,(H,24,26)(H2,23,25,27). The lowest BCUT2D eigenvalue weighted by Gasteiger charge is -2.20. The summed E-state index contributed by atoms with van der Waals surface area (Å²) in [6.07, 6.45) is 0.491. The topological polar surface area (TPSA) is 70.2 Å². The minimum Gasteiger partial charge on any atom is -0.334 e. The minimum absolute atomic E-state index is 0.214. The number of halogens is 1. The van der Waals surface area contributed by atoms with Crippen molar-refractivity contribution in [2.45, 2.75) is 39.8 Å². The highest BCUT2D eigenvalue weighted by atomic mass is 19.1. The predicted molar refractivity (Wildman–Crippen MR) is 105 cm³/mol. The Kier molecular flexibility index (Phi) is 7.34. The molecule has 3 N–H and O–H groups in total. The molecule has 0 radical (unpaired) electrons. The van der Waals surface area contributed by atoms with E-state index in [1.807, 2.05) is 45.0 Å². The van der Waals surface area contributed by atoms with Gasteiger partial charge in [-0.05, 0) is 49.1 Å². The zero-order chi connectivity index (χ0) is 19.8. The fraction of sp³-hybridized carbons (Fsp3) is 0.333. The second-order valence-corrected chi connectivity index (χ2v) is 6.99. The summed E-state index contributed by atoms with van der Waals surface area (Å²) in [6.45, 7) is 6.33. The summed E-state index contributed by atoms with van der Waals surface area (Å²) >= 11 is 0. The van der Waals surface area contributed by atoms with E-state index in [1.54, 1.807) is 0 Å². The van der Waals surface area contributed by atoms with Gasteiger partial charge in [0.2, 0.25) is 5.91 Å². The second-order valence-electron chi connectivity index (χ2n) is 6.99. The second kappa shape index (κ2) is 9.71. The number of amides is 3. The third kappa shape index (κ3) is 7.09. The van der Waals surface area contributed by atoms with Crippen LogP contribution in [0.1, 0.15) is 31.4 Å². The number of urea groups is 1. The Morgan fingerprint density at radius 3 is 2.22 bits per heavy atom. The van der Waals surface area contributed by atoms with Crippen molar-refractivity contribution in [3.8, 4) is 0 Å². The van der Waals surface area contributed by atoms with Crippen LogP contribution in [-0.2, 0) is 11.3 Å². The molecule has 144 valence electrons. The number of carbonyl (C=O) groups is 2. The van der Waals surface area contributed by atoms with E-state index in [1.165, 1.54) is 24.3 Å². The van der Waals surface area contributed by atoms with Crippen LogP contribution < -0.4 is 16.0 Å². The molecule has 0 aliphatic carbocycles. The number of rotatable bonds is 7. The van der Waals surface area contributed by atoms with Crippen LogP contribution in [-0.4, -0.2) is 18.0 Å². The summed E-state index contributed by atoms with van der Waals surface area (Å²) in [5, 5.41) is 8.21. The van der Waals surface area contributed by atoms with Crippen LogP contribution in [0.2, 0.25) is 0 Å². The lowest BCUT2D eigenvalue weighted by molar-refractivity contribution is -0.118. The van der Waals surface area contributed by atoms with E-state index >= 15 is 0 Å². The number of carbonyl (C=O) groups excluding carboxylic acids is 2. The SMILES string of the molecule is Cc1ccc(CNC(=O)NC(CC(C)C)C(=O)Nc2ccc(F)cc2)cc1. The monoisotopic (exact) mass is 371 g/mol. The van der Waals surface area contributed by atoms with Crippen molar-refractivity contribution in [3.05, 3.63) is 65.5 Å². The smallest absolute Gasteiger partial charge is 0.315 e. The predicted octanol–water partition coefficient (Wildman–Crippen LogP) is 3.99. The Bertz CT molecular complexity index is 758. The molecule has 0 saturated heterocycles. The largest absolute Gasteiger partial charge is 0.334 e. The molecule has 0 fully saturated rings. The maximum atomic E-state index is 13.0. The summed E-state index contributed by atoms with van der Waals surface area (Å²) in [4.78, 5) is 24.8. The van der Waals surface area contributed by atoms with Crippen molar-refractivity contribution in [3.63, 3.8) is 0 Å². The zero-order valence-electron chi connectivity index (χ0n) is 15.9. The van der Waals surface area contributed by atoms with Gasteiger partial charge in [0.1, 0.15) is 11.9 Å². The van der Waals surface area contributed by atoms with Gasteiger partial charge in [0, 0.05) is 12.2 Å². The zero-order valence-corrected chi connectivity index (χ0v) is 15.9. The average Bonchev–Trinajstić information content (AvgIpc) is 2.62. The first-order valence-corrected chi connectivity index (χ1v) is 9.00. The van der Waals surface area contributed by atoms with Gasteiger partial charge in [0.25, 0.3) is 0 Å². The summed E-state index contributed by atoms with van der Waals surface area (Å²) in [5.41, 5.74) is 2.61. The molecule has 2 rings (SSSR count). The number of hydrogen-bond acceptors (Lipinski definition) is 2. The number of hydrogen-bond donors (Lipinski definition) is 3. The van der Waals surface area contributed by atoms with Crippen LogP contribution in [0.3, 0.4) is 0 Å². The molecule has 27 heavy (non-hydrogen) atoms. The first-order valence-electron chi connectivity index (χ1n) is 9.00. The minimum atomic E-state index is -0.687. The molecule has 2 aromatic carbocycles. The van der Waals surface area contributed by atoms with Crippen molar-refractivity contribution < 1.29 is 14.0 Å². The van der Waals surface area contributed by atoms with Crippen molar-refractivity contribution in [1.29, 1.82) is 0 Å². The molecule has 6 heteroatoms. The van der Waals surface area contributed by atoms with Gasteiger partial charge in [-0.2, -0.15) is 0 Å². The van der Waals surface area contributed by atoms with Gasteiger partial charge in [0.05, 0.1) is 0 Å². The van der Waals surface area contributed by atoms with E-state index in [0.29, 0.717) is 18.7 Å². The third-order valence-electron chi connectivity index (χ3n) is 4.01. The maximum absolute atomic E-state index is 13.0. The van der Waals surface area contributed by atoms with E-state index < -0.39 is 12.1 Å². The molecule has 5 nitrogen and oxygen atoms in total. The Balaban J connectivity index is 1.93. The molecule has 1 atom stereocenters. The number of anilines is 1. The summed E-state index contributed by atoms with van der Waals surface area (Å²) in [6, 6.07) is 12.3. The molecule has 1 unspecified atom stereocenters. The van der Waals surface area contributed by atoms with Gasteiger partial charge in [0.15, 0.2) is 0 Å². The summed E-state index contributed by atoms with van der Waals surface area (Å²) < 4.78 is 13.0. The molecule has 3 amide bonds. The lowest BCUT2D eigenvalue weighted by Crippen LogP contribution is -2.48. The van der Waals surface area contributed by atoms with Crippen LogP contribution in [0.15, 0.2) is 48.5 Å². The molecular formula is C21H26FN3O2. The molecular weight excluding hydrogens is 345 g/mol. The first-order chi connectivity index (χ1) is 12.8. The number of aryl methyl sites for hydroxylation is 1. The fourth-order valence-electron chi connectivity index (χ4n) is 2.56. The van der Waals surface area contributed by atoms with Gasteiger partial charge >= 0.3 is 6.03 Å². The Labute approximate surface area is 159 Å². The van der Waals surface area contributed by atoms with E-state index in [-0.39, 0.29) is 17.6 Å². The van der Waals surface area contributed by atoms with E-state index in [0.717, 1.165) is 11.1 Å². The Morgan fingerprint density at radius 2 is 1.63 bits per heavy atom. The molecule has 0 aliphatic rings. The molecule has 0 bridgehead atoms. The Morgan fingerprint density at radius 1 is 1.00 bits per heavy atom. The number of nitrogens with one attached hydrogen (secondary N) is 3. The highest BCUT2D eigenvalue weighted by molar-refractivity contribution is 5.96. The van der Waals surface area contributed by atoms with E-state index in [2.05, 4.69) is 16.0 Å². The van der Waals surface area contributed by atoms with Gasteiger partial charge < -0.3 is 16.0 Å². The summed E-state index contributed by atoms with van der Waals surface area (Å²) in [7, 11) is 0. The van der Waals surface area contributed by atoms with Crippen molar-refractivity contribution in [2.24, 2.45) is 5.92 Å². The maximum Gasteiger partial charge on any atom is 0.315 e. The van der Waals surface area contributed by atoms with E-state index in [9.17, 15) is 14.0 Å². The third-order valence-corrected chi connectivity index (χ3v) is 4.01. The van der Waals surface area contributed by atoms with Crippen LogP contribution >= 0.6 is 0 Å². The highest BCUT2D eigenvalue weighted by Gasteiger charge is 2.22. The van der Waals surface area contributed by atoms with E-state index in [4.69, 9.17) is 0 Å². The normalized spacial score (nSPS) is 11.7. The highest BCUT2D eigenvalue weighted by Crippen LogP contribution is 2.11. The van der Waals surface area contributed by atoms with Crippen molar-refractivity contribution in [2.75, 3.05) is 5.32 Å². The van der Waals surface area contributed by atoms with Crippen LogP contribution in [0, 0.1) is 18.7 Å². The first kappa shape index (κ1) is 20.4. The van der Waals surface area contributed by atoms with Crippen LogP contribution in [0.5, 0.6) is 0 Å². The van der Waals surface area contributed by atoms with Crippen LogP contribution in [0.4, 0.5) is 14.9 Å². The van der Waals surface area contributed by atoms with Crippen molar-refractivity contribution in [1.82, 2.24) is 10.6 Å². The number of benzene rings is 2. The van der Waals surface area contributed by atoms with Crippen molar-refractivity contribution >= 4 is 17.6 Å². The molecule has 0 heterocycles. The van der Waals surface area contributed by atoms with Gasteiger partial charge in [-0.1, -0.05) is 43.7 Å². The van der Waals surface area contributed by atoms with Crippen LogP contribution in [0.25, 0.3) is 0 Å². The van der Waals surface area contributed by atoms with Gasteiger partial charge in [-0.25, -0.2) is 9.18 Å². The average molecular weight is 371 g/mol. The quantitative estimate of drug-likeness (QED) is 0.689. The fourth-order valence-corrected chi connectivity index (χ4v) is 2.56. The Hall–Kier alpha value is -2.89. The molecule has 2 aromatic rings. The van der Waals surface area contributed by atoms with Gasteiger partial charge in [-0.3, -0.25) is 4.79 Å².